The Kier molecular flexibility index (Phi) is 8.38. The lowest BCUT2D eigenvalue weighted by atomic mass is 9.86. The predicted octanol–water partition coefficient (Wildman–Crippen LogP) is 17.3. The molecule has 10 aromatic carbocycles. The van der Waals surface area contributed by atoms with E-state index in [-0.39, 0.29) is 0 Å². The molecule has 320 valence electrons. The van der Waals surface area contributed by atoms with Crippen molar-refractivity contribution < 1.29 is 4.42 Å². The van der Waals surface area contributed by atoms with Crippen LogP contribution in [-0.2, 0) is 0 Å². The maximum Gasteiger partial charge on any atom is 0.161 e. The quantitative estimate of drug-likeness (QED) is 0.164. The van der Waals surface area contributed by atoms with E-state index in [9.17, 15) is 0 Å². The van der Waals surface area contributed by atoms with Crippen molar-refractivity contribution in [2.75, 3.05) is 0 Å². The van der Waals surface area contributed by atoms with Crippen LogP contribution in [0.4, 0.5) is 0 Å². The first-order valence-corrected chi connectivity index (χ1v) is 23.4. The average Bonchev–Trinajstić information content (AvgIpc) is 4.13. The molecule has 0 saturated carbocycles. The van der Waals surface area contributed by atoms with Gasteiger partial charge in [0.2, 0.25) is 0 Å². The summed E-state index contributed by atoms with van der Waals surface area (Å²) < 4.78 is 14.1. The van der Waals surface area contributed by atoms with Gasteiger partial charge in [0.15, 0.2) is 5.58 Å². The molecule has 0 fully saturated rings. The minimum atomic E-state index is 0.891. The highest BCUT2D eigenvalue weighted by atomic mass is 16.3. The molecule has 4 heterocycles. The van der Waals surface area contributed by atoms with E-state index in [2.05, 4.69) is 246 Å². The summed E-state index contributed by atoms with van der Waals surface area (Å²) in [4.78, 5) is 0. The summed E-state index contributed by atoms with van der Waals surface area (Å²) in [6.45, 7) is 4.42. The van der Waals surface area contributed by atoms with Crippen molar-refractivity contribution in [3.63, 3.8) is 0 Å². The van der Waals surface area contributed by atoms with Crippen molar-refractivity contribution in [1.29, 1.82) is 0 Å². The topological polar surface area (TPSA) is 27.9 Å². The third-order valence-corrected chi connectivity index (χ3v) is 14.1. The Hall–Kier alpha value is -8.86. The first-order valence-electron chi connectivity index (χ1n) is 23.4. The summed E-state index contributed by atoms with van der Waals surface area (Å²) >= 11 is 0. The zero-order chi connectivity index (χ0) is 45.0. The summed E-state index contributed by atoms with van der Waals surface area (Å²) in [6.07, 6.45) is 0. The smallest absolute Gasteiger partial charge is 0.161 e. The van der Waals surface area contributed by atoms with Crippen molar-refractivity contribution in [3.05, 3.63) is 236 Å². The fourth-order valence-electron chi connectivity index (χ4n) is 11.2. The molecular weight excluding hydrogens is 827 g/mol. The molecule has 0 spiro atoms. The number of hydrogen-bond acceptors (Lipinski definition) is 1. The van der Waals surface area contributed by atoms with Crippen molar-refractivity contribution >= 4 is 76.6 Å². The van der Waals surface area contributed by atoms with Gasteiger partial charge in [0.1, 0.15) is 11.1 Å². The Morgan fingerprint density at radius 1 is 0.309 bits per heavy atom. The second-order valence-corrected chi connectivity index (χ2v) is 18.2. The summed E-state index contributed by atoms with van der Waals surface area (Å²) in [5, 5.41) is 7.14. The lowest BCUT2D eigenvalue weighted by Gasteiger charge is -2.19. The molecule has 4 aromatic heterocycles. The molecule has 4 nitrogen and oxygen atoms in total. The summed E-state index contributed by atoms with van der Waals surface area (Å²) in [5.41, 5.74) is 21.6. The van der Waals surface area contributed by atoms with Gasteiger partial charge in [-0.2, -0.15) is 0 Å². The highest BCUT2D eigenvalue weighted by Gasteiger charge is 2.29. The molecule has 0 radical (unpaired) electrons. The molecular formula is C64H43N3O. The van der Waals surface area contributed by atoms with Crippen LogP contribution in [0.2, 0.25) is 0 Å². The van der Waals surface area contributed by atoms with E-state index in [1.165, 1.54) is 71.4 Å². The monoisotopic (exact) mass is 869 g/mol. The molecule has 14 aromatic rings. The molecule has 0 saturated heterocycles. The van der Waals surface area contributed by atoms with Gasteiger partial charge in [-0.3, -0.25) is 0 Å². The largest absolute Gasteiger partial charge is 0.454 e. The van der Waals surface area contributed by atoms with Gasteiger partial charge in [-0.05, 0) is 121 Å². The third kappa shape index (κ3) is 5.61. The van der Waals surface area contributed by atoms with Crippen LogP contribution < -0.4 is 0 Å². The molecule has 0 aliphatic carbocycles. The van der Waals surface area contributed by atoms with Gasteiger partial charge >= 0.3 is 0 Å². The highest BCUT2D eigenvalue weighted by Crippen LogP contribution is 2.52. The molecule has 0 aliphatic heterocycles. The van der Waals surface area contributed by atoms with Gasteiger partial charge in [-0.25, -0.2) is 0 Å². The SMILES string of the molecule is Cc1ccc2c(c1)c1c(-c3ccccc3)c(-c3ccc(-c4ccc5c(c4)c4oc6ccccc6c4n5-c4ccccc4)cc3)c3c4cc(C)ccc4n(-c4ccccc4)c3c1n2-c1ccccc1. The summed E-state index contributed by atoms with van der Waals surface area (Å²) in [7, 11) is 0. The lowest BCUT2D eigenvalue weighted by Crippen LogP contribution is -2.00. The van der Waals surface area contributed by atoms with E-state index in [1.54, 1.807) is 0 Å². The van der Waals surface area contributed by atoms with E-state index in [1.807, 2.05) is 6.07 Å². The van der Waals surface area contributed by atoms with Gasteiger partial charge in [-0.1, -0.05) is 151 Å². The van der Waals surface area contributed by atoms with Crippen LogP contribution in [-0.4, -0.2) is 13.7 Å². The van der Waals surface area contributed by atoms with Crippen molar-refractivity contribution in [2.24, 2.45) is 0 Å². The van der Waals surface area contributed by atoms with E-state index in [0.29, 0.717) is 0 Å². The first kappa shape index (κ1) is 38.4. The third-order valence-electron chi connectivity index (χ3n) is 14.1. The number of para-hydroxylation sites is 4. The van der Waals surface area contributed by atoms with E-state index >= 15 is 0 Å². The summed E-state index contributed by atoms with van der Waals surface area (Å²) in [5.74, 6) is 0. The number of aromatic nitrogens is 3. The molecule has 0 N–H and O–H groups in total. The molecule has 0 unspecified atom stereocenters. The van der Waals surface area contributed by atoms with Crippen LogP contribution in [0, 0.1) is 13.8 Å². The molecule has 0 bridgehead atoms. The zero-order valence-electron chi connectivity index (χ0n) is 37.6. The maximum absolute atomic E-state index is 6.69. The fraction of sp³-hybridized carbons (Fsp3) is 0.0312. The predicted molar refractivity (Wildman–Crippen MR) is 285 cm³/mol. The van der Waals surface area contributed by atoms with E-state index in [4.69, 9.17) is 4.42 Å². The fourth-order valence-corrected chi connectivity index (χ4v) is 11.2. The van der Waals surface area contributed by atoms with Crippen molar-refractivity contribution in [3.8, 4) is 50.4 Å². The van der Waals surface area contributed by atoms with Gasteiger partial charge in [-0.15, -0.1) is 0 Å². The van der Waals surface area contributed by atoms with Crippen LogP contribution in [0.1, 0.15) is 11.1 Å². The second kappa shape index (κ2) is 14.8. The molecule has 0 atom stereocenters. The lowest BCUT2D eigenvalue weighted by molar-refractivity contribution is 0.673. The van der Waals surface area contributed by atoms with Crippen LogP contribution in [0.15, 0.2) is 229 Å². The van der Waals surface area contributed by atoms with Crippen LogP contribution in [0.25, 0.3) is 127 Å². The highest BCUT2D eigenvalue weighted by molar-refractivity contribution is 6.33. The van der Waals surface area contributed by atoms with Crippen LogP contribution in [0.5, 0.6) is 0 Å². The minimum Gasteiger partial charge on any atom is -0.454 e. The molecule has 4 heteroatoms. The van der Waals surface area contributed by atoms with Crippen LogP contribution in [0.3, 0.4) is 0 Å². The van der Waals surface area contributed by atoms with Gasteiger partial charge in [0, 0.05) is 60.5 Å². The number of rotatable bonds is 6. The Morgan fingerprint density at radius 2 is 0.721 bits per heavy atom. The number of hydrogen-bond donors (Lipinski definition) is 0. The Labute approximate surface area is 392 Å². The van der Waals surface area contributed by atoms with Crippen molar-refractivity contribution in [1.82, 2.24) is 13.7 Å². The Morgan fingerprint density at radius 3 is 1.26 bits per heavy atom. The second-order valence-electron chi connectivity index (χ2n) is 18.2. The zero-order valence-corrected chi connectivity index (χ0v) is 37.6. The Bertz CT molecular complexity index is 4290. The molecule has 68 heavy (non-hydrogen) atoms. The standard InChI is InChI=1S/C64H43N3O/c1-40-27-34-53-50(37-40)59-57(43-17-7-3-8-18-43)58(60-51-38-41(2)28-35-54(51)67(48-23-13-6-14-24-48)63(60)62(59)66(53)47-21-11-5-12-22-47)44-31-29-42(30-32-44)45-33-36-55-52(39-45)64-61(49-25-15-16-26-56(49)68-64)65(55)46-19-9-4-10-20-46/h3-39H,1-2H3. The number of aryl methyl sites for hydroxylation is 2. The molecule has 0 amide bonds. The molecule has 0 aliphatic rings. The maximum atomic E-state index is 6.69. The van der Waals surface area contributed by atoms with Crippen LogP contribution >= 0.6 is 0 Å². The van der Waals surface area contributed by atoms with Crippen molar-refractivity contribution in [2.45, 2.75) is 13.8 Å². The van der Waals surface area contributed by atoms with E-state index < -0.39 is 0 Å². The van der Waals surface area contributed by atoms with Gasteiger partial charge in [0.25, 0.3) is 0 Å². The van der Waals surface area contributed by atoms with Gasteiger partial charge in [0.05, 0.1) is 27.6 Å². The number of fused-ring (bicyclic) bond motifs is 12. The average molecular weight is 870 g/mol. The summed E-state index contributed by atoms with van der Waals surface area (Å²) in [6, 6.07) is 81.9. The Balaban J connectivity index is 1.09. The van der Waals surface area contributed by atoms with Gasteiger partial charge < -0.3 is 18.1 Å². The molecule has 14 rings (SSSR count). The van der Waals surface area contributed by atoms with E-state index in [0.717, 1.165) is 66.7 Å². The minimum absolute atomic E-state index is 0.891. The normalized spacial score (nSPS) is 12.0. The first-order chi connectivity index (χ1) is 33.6. The number of nitrogens with zero attached hydrogens (tertiary/aromatic N) is 3. The number of benzene rings is 10. The number of furan rings is 1.